The molecule has 134 valence electrons. The first kappa shape index (κ1) is 18.8. The summed E-state index contributed by atoms with van der Waals surface area (Å²) >= 11 is 0. The van der Waals surface area contributed by atoms with Gasteiger partial charge in [0, 0.05) is 11.9 Å². The van der Waals surface area contributed by atoms with E-state index in [1.54, 1.807) is 48.7 Å². The normalized spacial score (nSPS) is 12.6. The van der Waals surface area contributed by atoms with Gasteiger partial charge in [0.05, 0.1) is 16.3 Å². The second kappa shape index (κ2) is 9.10. The first-order valence-electron chi connectivity index (χ1n) is 8.08. The first-order valence-corrected chi connectivity index (χ1v) is 9.23. The van der Waals surface area contributed by atoms with Crippen molar-refractivity contribution in [2.45, 2.75) is 31.1 Å². The number of allylic oxidation sites excluding steroid dienone is 1. The molecule has 6 N–H and O–H groups in total. The minimum Gasteiger partial charge on any atom is -0.506 e. The van der Waals surface area contributed by atoms with Gasteiger partial charge in [0.1, 0.15) is 16.7 Å². The Labute approximate surface area is 150 Å². The molecule has 0 heterocycles. The van der Waals surface area contributed by atoms with E-state index in [9.17, 15) is 9.32 Å². The van der Waals surface area contributed by atoms with E-state index in [-0.39, 0.29) is 5.75 Å². The molecule has 25 heavy (non-hydrogen) atoms. The van der Waals surface area contributed by atoms with E-state index in [1.807, 2.05) is 0 Å². The fourth-order valence-corrected chi connectivity index (χ4v) is 3.03. The van der Waals surface area contributed by atoms with Crippen molar-refractivity contribution in [1.29, 1.82) is 0 Å². The second-order valence-corrected chi connectivity index (χ2v) is 6.81. The number of anilines is 2. The van der Waals surface area contributed by atoms with Gasteiger partial charge in [-0.25, -0.2) is 10.1 Å². The van der Waals surface area contributed by atoms with Crippen molar-refractivity contribution in [2.75, 3.05) is 9.73 Å². The van der Waals surface area contributed by atoms with Crippen LogP contribution in [0.4, 0.5) is 11.4 Å². The van der Waals surface area contributed by atoms with Gasteiger partial charge in [0.15, 0.2) is 0 Å². The number of hydrogen-bond donors (Lipinski definition) is 4. The number of hydrogen-bond acceptors (Lipinski definition) is 5. The third-order valence-electron chi connectivity index (χ3n) is 3.58. The van der Waals surface area contributed by atoms with Crippen LogP contribution in [0.3, 0.4) is 0 Å². The number of para-hydroxylation sites is 2. The Kier molecular flexibility index (Phi) is 6.85. The molecule has 0 aliphatic heterocycles. The summed E-state index contributed by atoms with van der Waals surface area (Å²) in [6, 6.07) is 13.6. The maximum absolute atomic E-state index is 12.4. The Hall–Kier alpha value is -2.51. The lowest BCUT2D eigenvalue weighted by Crippen LogP contribution is -2.26. The van der Waals surface area contributed by atoms with Crippen LogP contribution in [0.5, 0.6) is 5.75 Å². The van der Waals surface area contributed by atoms with Crippen LogP contribution in [-0.4, -0.2) is 9.32 Å². The maximum atomic E-state index is 12.4. The lowest BCUT2D eigenvalue weighted by molar-refractivity contribution is 0.478. The average Bonchev–Trinajstić information content (AvgIpc) is 2.62. The van der Waals surface area contributed by atoms with Gasteiger partial charge in [-0.3, -0.25) is 9.73 Å². The zero-order chi connectivity index (χ0) is 18.2. The van der Waals surface area contributed by atoms with Crippen LogP contribution >= 0.6 is 0 Å². The molecular formula is C18H24N4O2S. The summed E-state index contributed by atoms with van der Waals surface area (Å²) in [4.78, 5) is 0.573. The van der Waals surface area contributed by atoms with Gasteiger partial charge in [-0.2, -0.15) is 0 Å². The second-order valence-electron chi connectivity index (χ2n) is 5.60. The summed E-state index contributed by atoms with van der Waals surface area (Å²) in [6.07, 6.45) is 4.59. The van der Waals surface area contributed by atoms with Crippen molar-refractivity contribution in [1.82, 2.24) is 0 Å². The van der Waals surface area contributed by atoms with Crippen LogP contribution in [0.1, 0.15) is 26.2 Å². The van der Waals surface area contributed by atoms with Crippen molar-refractivity contribution < 1.29 is 9.32 Å². The van der Waals surface area contributed by atoms with Gasteiger partial charge in [-0.05, 0) is 49.2 Å². The Morgan fingerprint density at radius 3 is 2.56 bits per heavy atom. The number of unbranched alkanes of at least 4 members (excludes halogenated alkanes) is 1. The highest BCUT2D eigenvalue weighted by molar-refractivity contribution is 7.86. The topological polar surface area (TPSA) is 105 Å². The van der Waals surface area contributed by atoms with Crippen LogP contribution in [-0.2, 0) is 11.0 Å². The van der Waals surface area contributed by atoms with E-state index in [0.717, 1.165) is 30.6 Å². The number of rotatable bonds is 8. The SMILES string of the molecule is CCCC/C(N)=C/N(N)c1ccc(S(=O)Nc2ccccc2O)cc1. The van der Waals surface area contributed by atoms with Gasteiger partial charge < -0.3 is 10.8 Å². The Balaban J connectivity index is 2.04. The third kappa shape index (κ3) is 5.51. The third-order valence-corrected chi connectivity index (χ3v) is 4.69. The highest BCUT2D eigenvalue weighted by Gasteiger charge is 2.08. The van der Waals surface area contributed by atoms with E-state index >= 15 is 0 Å². The number of nitrogens with zero attached hydrogens (tertiary/aromatic N) is 1. The molecule has 2 aromatic carbocycles. The van der Waals surface area contributed by atoms with Crippen LogP contribution < -0.4 is 21.3 Å². The fourth-order valence-electron chi connectivity index (χ4n) is 2.16. The molecule has 0 saturated carbocycles. The predicted molar refractivity (Wildman–Crippen MR) is 103 cm³/mol. The summed E-state index contributed by atoms with van der Waals surface area (Å²) in [6.45, 7) is 2.11. The lowest BCUT2D eigenvalue weighted by atomic mass is 10.2. The van der Waals surface area contributed by atoms with Crippen molar-refractivity contribution in [3.05, 3.63) is 60.4 Å². The maximum Gasteiger partial charge on any atom is 0.150 e. The van der Waals surface area contributed by atoms with Crippen LogP contribution in [0.2, 0.25) is 0 Å². The number of phenolic OH excluding ortho intramolecular Hbond substituents is 1. The zero-order valence-corrected chi connectivity index (χ0v) is 15.0. The molecule has 0 aliphatic carbocycles. The Morgan fingerprint density at radius 1 is 1.24 bits per heavy atom. The molecule has 0 aliphatic rings. The molecule has 0 bridgehead atoms. The average molecular weight is 360 g/mol. The van der Waals surface area contributed by atoms with E-state index in [0.29, 0.717) is 10.6 Å². The largest absolute Gasteiger partial charge is 0.506 e. The van der Waals surface area contributed by atoms with Crippen molar-refractivity contribution in [3.8, 4) is 5.75 Å². The van der Waals surface area contributed by atoms with Gasteiger partial charge >= 0.3 is 0 Å². The predicted octanol–water partition coefficient (Wildman–Crippen LogP) is 3.20. The molecule has 0 saturated heterocycles. The van der Waals surface area contributed by atoms with Gasteiger partial charge in [-0.15, -0.1) is 0 Å². The number of nitrogens with one attached hydrogen (secondary N) is 1. The molecular weight excluding hydrogens is 336 g/mol. The molecule has 0 radical (unpaired) electrons. The molecule has 1 atom stereocenters. The highest BCUT2D eigenvalue weighted by Crippen LogP contribution is 2.24. The van der Waals surface area contributed by atoms with Crippen molar-refractivity contribution in [2.24, 2.45) is 11.6 Å². The van der Waals surface area contributed by atoms with E-state index in [1.165, 1.54) is 11.1 Å². The number of benzene rings is 2. The Bertz CT molecular complexity index is 747. The monoisotopic (exact) mass is 360 g/mol. The molecule has 0 amide bonds. The number of phenols is 1. The minimum absolute atomic E-state index is 0.0493. The smallest absolute Gasteiger partial charge is 0.150 e. The van der Waals surface area contributed by atoms with Gasteiger partial charge in [0.2, 0.25) is 0 Å². The number of hydrazine groups is 1. The molecule has 7 heteroatoms. The standard InChI is InChI=1S/C18H24N4O2S/c1-2-3-6-14(19)13-22(20)15-9-11-16(12-10-15)25(24)21-17-7-4-5-8-18(17)23/h4-5,7-13,21,23H,2-3,6,19-20H2,1H3/b14-13-. The van der Waals surface area contributed by atoms with Crippen LogP contribution in [0, 0.1) is 0 Å². The molecule has 0 aromatic heterocycles. The van der Waals surface area contributed by atoms with Crippen LogP contribution in [0.15, 0.2) is 65.3 Å². The molecule has 0 fully saturated rings. The van der Waals surface area contributed by atoms with Gasteiger partial charge in [0.25, 0.3) is 0 Å². The molecule has 2 rings (SSSR count). The molecule has 1 unspecified atom stereocenters. The molecule has 0 spiro atoms. The summed E-state index contributed by atoms with van der Waals surface area (Å²) < 4.78 is 15.1. The van der Waals surface area contributed by atoms with Crippen molar-refractivity contribution >= 4 is 22.4 Å². The van der Waals surface area contributed by atoms with Crippen LogP contribution in [0.25, 0.3) is 0 Å². The minimum atomic E-state index is -1.49. The highest BCUT2D eigenvalue weighted by atomic mass is 32.2. The quantitative estimate of drug-likeness (QED) is 0.329. The zero-order valence-electron chi connectivity index (χ0n) is 14.2. The fraction of sp³-hybridized carbons (Fsp3) is 0.222. The van der Waals surface area contributed by atoms with E-state index in [4.69, 9.17) is 11.6 Å². The first-order chi connectivity index (χ1) is 12.0. The Morgan fingerprint density at radius 2 is 1.92 bits per heavy atom. The van der Waals surface area contributed by atoms with E-state index < -0.39 is 11.0 Å². The number of nitrogens with two attached hydrogens (primary N) is 2. The van der Waals surface area contributed by atoms with Gasteiger partial charge in [-0.1, -0.05) is 25.5 Å². The summed E-state index contributed by atoms with van der Waals surface area (Å²) in [5.41, 5.74) is 7.81. The molecule has 2 aromatic rings. The van der Waals surface area contributed by atoms with E-state index in [2.05, 4.69) is 11.6 Å². The summed E-state index contributed by atoms with van der Waals surface area (Å²) in [5, 5.41) is 11.2. The summed E-state index contributed by atoms with van der Waals surface area (Å²) in [5.74, 6) is 6.04. The summed E-state index contributed by atoms with van der Waals surface area (Å²) in [7, 11) is -1.49. The number of aromatic hydroxyl groups is 1. The van der Waals surface area contributed by atoms with Crippen molar-refractivity contribution in [3.63, 3.8) is 0 Å². The molecule has 6 nitrogen and oxygen atoms in total. The lowest BCUT2D eigenvalue weighted by Gasteiger charge is -2.16.